The number of carbonyl (C=O) groups excluding carboxylic acids is 1. The summed E-state index contributed by atoms with van der Waals surface area (Å²) in [7, 11) is 0. The van der Waals surface area contributed by atoms with E-state index < -0.39 is 5.97 Å². The summed E-state index contributed by atoms with van der Waals surface area (Å²) in [6.45, 7) is 0.101. The molecule has 0 saturated heterocycles. The SMILES string of the molecule is O=C(OCc1ccc(F)cc1)C1=NC=C2N=CC=C2C1. The quantitative estimate of drug-likeness (QED) is 0.792. The largest absolute Gasteiger partial charge is 0.456 e. The van der Waals surface area contributed by atoms with E-state index in [2.05, 4.69) is 9.98 Å². The Morgan fingerprint density at radius 3 is 2.90 bits per heavy atom. The molecule has 2 aliphatic heterocycles. The summed E-state index contributed by atoms with van der Waals surface area (Å²) in [5.74, 6) is -0.778. The zero-order chi connectivity index (χ0) is 13.9. The Kier molecular flexibility index (Phi) is 3.25. The highest BCUT2D eigenvalue weighted by molar-refractivity contribution is 6.37. The van der Waals surface area contributed by atoms with Crippen molar-refractivity contribution >= 4 is 17.9 Å². The van der Waals surface area contributed by atoms with Crippen molar-refractivity contribution in [2.24, 2.45) is 9.98 Å². The van der Waals surface area contributed by atoms with Crippen LogP contribution < -0.4 is 0 Å². The lowest BCUT2D eigenvalue weighted by atomic mass is 10.1. The molecule has 0 aliphatic carbocycles. The molecule has 0 unspecified atom stereocenters. The van der Waals surface area contributed by atoms with Crippen LogP contribution in [0.2, 0.25) is 0 Å². The van der Waals surface area contributed by atoms with Gasteiger partial charge in [0.25, 0.3) is 0 Å². The van der Waals surface area contributed by atoms with Crippen LogP contribution in [0.25, 0.3) is 0 Å². The number of rotatable bonds is 3. The normalized spacial score (nSPS) is 16.1. The van der Waals surface area contributed by atoms with E-state index in [4.69, 9.17) is 4.74 Å². The number of aliphatic imine (C=N–C) groups is 2. The van der Waals surface area contributed by atoms with Crippen molar-refractivity contribution in [2.75, 3.05) is 0 Å². The van der Waals surface area contributed by atoms with Crippen LogP contribution in [0.3, 0.4) is 0 Å². The molecule has 0 fully saturated rings. The first-order valence-corrected chi connectivity index (χ1v) is 6.14. The van der Waals surface area contributed by atoms with Gasteiger partial charge in [0.15, 0.2) is 0 Å². The van der Waals surface area contributed by atoms with Crippen LogP contribution in [-0.4, -0.2) is 17.9 Å². The van der Waals surface area contributed by atoms with Gasteiger partial charge in [-0.3, -0.25) is 9.98 Å². The van der Waals surface area contributed by atoms with E-state index >= 15 is 0 Å². The smallest absolute Gasteiger partial charge is 0.353 e. The maximum atomic E-state index is 12.7. The molecule has 0 amide bonds. The lowest BCUT2D eigenvalue weighted by molar-refractivity contribution is -0.136. The molecular weight excluding hydrogens is 259 g/mol. The zero-order valence-electron chi connectivity index (χ0n) is 10.5. The first-order valence-electron chi connectivity index (χ1n) is 6.14. The Bertz CT molecular complexity index is 670. The van der Waals surface area contributed by atoms with Gasteiger partial charge in [-0.05, 0) is 29.3 Å². The summed E-state index contributed by atoms with van der Waals surface area (Å²) in [5, 5.41) is 0. The van der Waals surface area contributed by atoms with E-state index in [0.717, 1.165) is 16.8 Å². The van der Waals surface area contributed by atoms with Gasteiger partial charge in [0.05, 0.1) is 11.9 Å². The number of ether oxygens (including phenoxy) is 1. The van der Waals surface area contributed by atoms with Crippen LogP contribution in [0.15, 0.2) is 57.8 Å². The van der Waals surface area contributed by atoms with Gasteiger partial charge in [0.2, 0.25) is 0 Å². The lowest BCUT2D eigenvalue weighted by Crippen LogP contribution is -2.19. The van der Waals surface area contributed by atoms with Crippen LogP contribution in [0, 0.1) is 5.82 Å². The Labute approximate surface area is 115 Å². The highest BCUT2D eigenvalue weighted by Crippen LogP contribution is 2.24. The van der Waals surface area contributed by atoms with Crippen LogP contribution in [-0.2, 0) is 16.1 Å². The number of nitrogens with zero attached hydrogens (tertiary/aromatic N) is 2. The van der Waals surface area contributed by atoms with Crippen molar-refractivity contribution < 1.29 is 13.9 Å². The number of esters is 1. The average Bonchev–Trinajstić information content (AvgIpc) is 2.93. The van der Waals surface area contributed by atoms with Crippen LogP contribution in [0.5, 0.6) is 0 Å². The van der Waals surface area contributed by atoms with Gasteiger partial charge < -0.3 is 4.74 Å². The molecule has 1 aromatic rings. The molecule has 0 aromatic heterocycles. The third-order valence-electron chi connectivity index (χ3n) is 3.04. The number of allylic oxidation sites excluding steroid dienone is 2. The maximum Gasteiger partial charge on any atom is 0.353 e. The molecule has 0 bridgehead atoms. The fourth-order valence-corrected chi connectivity index (χ4v) is 1.94. The van der Waals surface area contributed by atoms with Crippen LogP contribution in [0.4, 0.5) is 4.39 Å². The Hall–Kier alpha value is -2.56. The number of halogens is 1. The topological polar surface area (TPSA) is 51.0 Å². The van der Waals surface area contributed by atoms with Gasteiger partial charge in [-0.25, -0.2) is 9.18 Å². The average molecular weight is 270 g/mol. The second-order valence-corrected chi connectivity index (χ2v) is 4.44. The van der Waals surface area contributed by atoms with Gasteiger partial charge >= 0.3 is 5.97 Å². The van der Waals surface area contributed by atoms with E-state index in [1.54, 1.807) is 24.5 Å². The van der Waals surface area contributed by atoms with Gasteiger partial charge in [-0.1, -0.05) is 12.1 Å². The third-order valence-corrected chi connectivity index (χ3v) is 3.04. The number of hydrogen-bond donors (Lipinski definition) is 0. The van der Waals surface area contributed by atoms with Crippen molar-refractivity contribution in [3.05, 3.63) is 59.2 Å². The minimum atomic E-state index is -0.461. The lowest BCUT2D eigenvalue weighted by Gasteiger charge is -2.11. The molecule has 0 atom stereocenters. The Morgan fingerprint density at radius 1 is 1.30 bits per heavy atom. The minimum Gasteiger partial charge on any atom is -0.456 e. The van der Waals surface area contributed by atoms with Crippen LogP contribution in [0.1, 0.15) is 12.0 Å². The number of benzene rings is 1. The van der Waals surface area contributed by atoms with Gasteiger partial charge in [0.1, 0.15) is 18.1 Å². The predicted molar refractivity (Wildman–Crippen MR) is 72.9 cm³/mol. The summed E-state index contributed by atoms with van der Waals surface area (Å²) >= 11 is 0. The van der Waals surface area contributed by atoms with Crippen molar-refractivity contribution in [3.8, 4) is 0 Å². The number of carbonyl (C=O) groups is 1. The summed E-state index contributed by atoms with van der Waals surface area (Å²) in [6.07, 6.45) is 5.53. The first-order chi connectivity index (χ1) is 9.72. The predicted octanol–water partition coefficient (Wildman–Crippen LogP) is 2.57. The standard InChI is InChI=1S/C15H11FN2O2/c16-12-3-1-10(2-4-12)9-20-15(19)13-7-11-5-6-17-14(11)8-18-13/h1-6,8H,7,9H2. The van der Waals surface area contributed by atoms with E-state index in [9.17, 15) is 9.18 Å². The summed E-state index contributed by atoms with van der Waals surface area (Å²) in [5.41, 5.74) is 2.84. The minimum absolute atomic E-state index is 0.101. The van der Waals surface area contributed by atoms with E-state index in [0.29, 0.717) is 12.1 Å². The summed E-state index contributed by atoms with van der Waals surface area (Å²) in [6, 6.07) is 5.82. The molecule has 20 heavy (non-hydrogen) atoms. The fourth-order valence-electron chi connectivity index (χ4n) is 1.94. The summed E-state index contributed by atoms with van der Waals surface area (Å²) in [4.78, 5) is 20.1. The van der Waals surface area contributed by atoms with E-state index in [1.807, 2.05) is 6.08 Å². The van der Waals surface area contributed by atoms with Gasteiger partial charge in [0, 0.05) is 12.6 Å². The van der Waals surface area contributed by atoms with Gasteiger partial charge in [-0.15, -0.1) is 0 Å². The zero-order valence-corrected chi connectivity index (χ0v) is 10.5. The second-order valence-electron chi connectivity index (χ2n) is 4.44. The van der Waals surface area contributed by atoms with E-state index in [1.165, 1.54) is 12.1 Å². The molecule has 0 radical (unpaired) electrons. The Morgan fingerprint density at radius 2 is 2.10 bits per heavy atom. The second kappa shape index (κ2) is 5.21. The molecule has 4 nitrogen and oxygen atoms in total. The van der Waals surface area contributed by atoms with Crippen molar-refractivity contribution in [2.45, 2.75) is 13.0 Å². The van der Waals surface area contributed by atoms with Crippen LogP contribution >= 0.6 is 0 Å². The number of fused-ring (bicyclic) bond motifs is 1. The third kappa shape index (κ3) is 2.56. The molecule has 100 valence electrons. The molecule has 0 saturated carbocycles. The molecule has 5 heteroatoms. The first kappa shape index (κ1) is 12.5. The highest BCUT2D eigenvalue weighted by atomic mass is 19.1. The van der Waals surface area contributed by atoms with Crippen molar-refractivity contribution in [1.29, 1.82) is 0 Å². The molecule has 0 N–H and O–H groups in total. The summed E-state index contributed by atoms with van der Waals surface area (Å²) < 4.78 is 17.9. The van der Waals surface area contributed by atoms with Gasteiger partial charge in [-0.2, -0.15) is 0 Å². The molecular formula is C15H11FN2O2. The highest BCUT2D eigenvalue weighted by Gasteiger charge is 2.21. The molecule has 1 aromatic carbocycles. The molecule has 2 aliphatic rings. The molecule has 3 rings (SSSR count). The number of hydrogen-bond acceptors (Lipinski definition) is 4. The molecule has 2 heterocycles. The maximum absolute atomic E-state index is 12.7. The van der Waals surface area contributed by atoms with Crippen molar-refractivity contribution in [1.82, 2.24) is 0 Å². The fraction of sp³-hybridized carbons (Fsp3) is 0.133. The van der Waals surface area contributed by atoms with Crippen molar-refractivity contribution in [3.63, 3.8) is 0 Å². The van der Waals surface area contributed by atoms with E-state index in [-0.39, 0.29) is 12.4 Å². The monoisotopic (exact) mass is 270 g/mol. The molecule has 0 spiro atoms. The Balaban J connectivity index is 1.62.